The lowest BCUT2D eigenvalue weighted by Crippen LogP contribution is -2.58. The highest BCUT2D eigenvalue weighted by molar-refractivity contribution is 5.86. The number of nitrogens with zero attached hydrogens (tertiary/aromatic N) is 6. The summed E-state index contributed by atoms with van der Waals surface area (Å²) in [5.74, 6) is -0.515. The number of fused-ring (bicyclic) bond motifs is 1. The standard InChI is InChI=1S/C25H26F4N6O/c1-5-18-13-34(23-22-21(33(4)24(36)32-23)9-7-17(11-30)31-22)14(2)12-35(18)15(3)19-8-6-16(10-20(19)26)25(27,28)29/h6-10,14-15,18H,5,12-13H2,1-4H3/t14-,15?,18-/m0/s1. The van der Waals surface area contributed by atoms with E-state index in [0.29, 0.717) is 42.4 Å². The van der Waals surface area contributed by atoms with Gasteiger partial charge in [-0.2, -0.15) is 23.4 Å². The highest BCUT2D eigenvalue weighted by Gasteiger charge is 2.37. The van der Waals surface area contributed by atoms with Gasteiger partial charge in [-0.25, -0.2) is 14.2 Å². The van der Waals surface area contributed by atoms with Crippen LogP contribution in [-0.2, 0) is 13.2 Å². The van der Waals surface area contributed by atoms with E-state index in [1.807, 2.05) is 24.8 Å². The molecule has 1 aromatic carbocycles. The second-order valence-corrected chi connectivity index (χ2v) is 9.12. The topological polar surface area (TPSA) is 78.0 Å². The zero-order valence-electron chi connectivity index (χ0n) is 20.3. The third-order valence-corrected chi connectivity index (χ3v) is 6.95. The average Bonchev–Trinajstić information content (AvgIpc) is 2.84. The van der Waals surface area contributed by atoms with Crippen molar-refractivity contribution in [3.8, 4) is 6.07 Å². The maximum atomic E-state index is 14.8. The summed E-state index contributed by atoms with van der Waals surface area (Å²) in [5.41, 5.74) is -0.0885. The Morgan fingerprint density at radius 2 is 1.92 bits per heavy atom. The molecule has 0 radical (unpaired) electrons. The maximum Gasteiger partial charge on any atom is 0.416 e. The fourth-order valence-corrected chi connectivity index (χ4v) is 4.89. The third kappa shape index (κ3) is 4.53. The molecule has 190 valence electrons. The Bertz CT molecular complexity index is 1400. The summed E-state index contributed by atoms with van der Waals surface area (Å²) in [6, 6.07) is 7.13. The molecule has 7 nitrogen and oxygen atoms in total. The van der Waals surface area contributed by atoms with Crippen LogP contribution in [0.15, 0.2) is 35.1 Å². The van der Waals surface area contributed by atoms with E-state index in [1.54, 1.807) is 26.1 Å². The second-order valence-electron chi connectivity index (χ2n) is 9.12. The molecule has 3 heterocycles. The first-order valence-corrected chi connectivity index (χ1v) is 11.6. The van der Waals surface area contributed by atoms with E-state index in [0.717, 1.165) is 6.07 Å². The molecule has 2 aromatic heterocycles. The lowest BCUT2D eigenvalue weighted by atomic mass is 9.97. The maximum absolute atomic E-state index is 14.8. The van der Waals surface area contributed by atoms with Gasteiger partial charge in [0.05, 0.1) is 11.1 Å². The van der Waals surface area contributed by atoms with Crippen LogP contribution in [0.5, 0.6) is 0 Å². The van der Waals surface area contributed by atoms with Gasteiger partial charge in [-0.3, -0.25) is 9.47 Å². The minimum Gasteiger partial charge on any atom is -0.349 e. The SMILES string of the molecule is CC[C@H]1CN(c2nc(=O)n(C)c3ccc(C#N)nc23)[C@@H](C)CN1C(C)c1ccc(C(F)(F)F)cc1F. The number of rotatable bonds is 4. The Hall–Kier alpha value is -3.52. The molecule has 0 aliphatic carbocycles. The van der Waals surface area contributed by atoms with Crippen LogP contribution in [0.1, 0.15) is 50.1 Å². The fraction of sp³-hybridized carbons (Fsp3) is 0.440. The van der Waals surface area contributed by atoms with Crippen molar-refractivity contribution in [2.24, 2.45) is 7.05 Å². The van der Waals surface area contributed by atoms with E-state index in [-0.39, 0.29) is 23.3 Å². The summed E-state index contributed by atoms with van der Waals surface area (Å²) in [5, 5.41) is 9.33. The summed E-state index contributed by atoms with van der Waals surface area (Å²) in [7, 11) is 1.59. The molecule has 0 saturated carbocycles. The summed E-state index contributed by atoms with van der Waals surface area (Å²) < 4.78 is 55.2. The molecule has 1 saturated heterocycles. The van der Waals surface area contributed by atoms with Crippen LogP contribution in [0.25, 0.3) is 11.0 Å². The zero-order valence-corrected chi connectivity index (χ0v) is 20.3. The monoisotopic (exact) mass is 502 g/mol. The van der Waals surface area contributed by atoms with Gasteiger partial charge in [0.25, 0.3) is 0 Å². The van der Waals surface area contributed by atoms with Crippen molar-refractivity contribution < 1.29 is 17.6 Å². The van der Waals surface area contributed by atoms with Gasteiger partial charge in [-0.15, -0.1) is 0 Å². The van der Waals surface area contributed by atoms with Crippen LogP contribution in [0, 0.1) is 17.1 Å². The first kappa shape index (κ1) is 25.6. The molecule has 4 rings (SSSR count). The summed E-state index contributed by atoms with van der Waals surface area (Å²) >= 11 is 0. The van der Waals surface area contributed by atoms with E-state index in [9.17, 15) is 27.6 Å². The molecule has 1 aliphatic rings. The number of aromatic nitrogens is 3. The number of hydrogen-bond donors (Lipinski definition) is 0. The van der Waals surface area contributed by atoms with Crippen LogP contribution < -0.4 is 10.6 Å². The molecule has 3 aromatic rings. The molecule has 0 N–H and O–H groups in total. The largest absolute Gasteiger partial charge is 0.416 e. The first-order chi connectivity index (χ1) is 17.0. The summed E-state index contributed by atoms with van der Waals surface area (Å²) in [6.45, 7) is 6.59. The molecule has 0 spiro atoms. The van der Waals surface area contributed by atoms with Crippen LogP contribution >= 0.6 is 0 Å². The van der Waals surface area contributed by atoms with Crippen molar-refractivity contribution in [3.05, 3.63) is 63.5 Å². The predicted molar refractivity (Wildman–Crippen MR) is 127 cm³/mol. The number of hydrogen-bond acceptors (Lipinski definition) is 6. The Morgan fingerprint density at radius 1 is 1.19 bits per heavy atom. The van der Waals surface area contributed by atoms with E-state index >= 15 is 0 Å². The van der Waals surface area contributed by atoms with E-state index in [4.69, 9.17) is 0 Å². The molecular formula is C25H26F4N6O. The average molecular weight is 503 g/mol. The van der Waals surface area contributed by atoms with Gasteiger partial charge in [0, 0.05) is 43.8 Å². The van der Waals surface area contributed by atoms with Crippen LogP contribution in [0.3, 0.4) is 0 Å². The number of pyridine rings is 1. The fourth-order valence-electron chi connectivity index (χ4n) is 4.89. The molecule has 1 unspecified atom stereocenters. The molecule has 0 amide bonds. The number of halogens is 4. The number of anilines is 1. The highest BCUT2D eigenvalue weighted by atomic mass is 19.4. The van der Waals surface area contributed by atoms with E-state index in [2.05, 4.69) is 14.9 Å². The van der Waals surface area contributed by atoms with Crippen LogP contribution in [0.4, 0.5) is 23.4 Å². The number of piperazine rings is 1. The number of benzene rings is 1. The Morgan fingerprint density at radius 3 is 2.53 bits per heavy atom. The van der Waals surface area contributed by atoms with Gasteiger partial charge in [0.15, 0.2) is 5.82 Å². The van der Waals surface area contributed by atoms with Crippen molar-refractivity contribution in [1.82, 2.24) is 19.4 Å². The number of aryl methyl sites for hydroxylation is 1. The lowest BCUT2D eigenvalue weighted by molar-refractivity contribution is -0.137. The van der Waals surface area contributed by atoms with Crippen molar-refractivity contribution in [2.45, 2.75) is 51.5 Å². The Balaban J connectivity index is 1.69. The van der Waals surface area contributed by atoms with E-state index < -0.39 is 29.3 Å². The molecular weight excluding hydrogens is 476 g/mol. The van der Waals surface area contributed by atoms with Gasteiger partial charge in [-0.05, 0) is 44.5 Å². The van der Waals surface area contributed by atoms with Crippen molar-refractivity contribution in [3.63, 3.8) is 0 Å². The first-order valence-electron chi connectivity index (χ1n) is 11.6. The van der Waals surface area contributed by atoms with Crippen LogP contribution in [0.2, 0.25) is 0 Å². The third-order valence-electron chi connectivity index (χ3n) is 6.95. The zero-order chi connectivity index (χ0) is 26.4. The molecule has 1 fully saturated rings. The smallest absolute Gasteiger partial charge is 0.349 e. The van der Waals surface area contributed by atoms with E-state index in [1.165, 1.54) is 10.6 Å². The quantitative estimate of drug-likeness (QED) is 0.492. The Labute approximate surface area is 205 Å². The molecule has 3 atom stereocenters. The van der Waals surface area contributed by atoms with Crippen molar-refractivity contribution in [1.29, 1.82) is 5.26 Å². The molecule has 11 heteroatoms. The van der Waals surface area contributed by atoms with Gasteiger partial charge in [0.1, 0.15) is 23.1 Å². The minimum absolute atomic E-state index is 0.0991. The lowest BCUT2D eigenvalue weighted by Gasteiger charge is -2.48. The molecule has 36 heavy (non-hydrogen) atoms. The highest BCUT2D eigenvalue weighted by Crippen LogP contribution is 2.35. The number of alkyl halides is 3. The van der Waals surface area contributed by atoms with Gasteiger partial charge < -0.3 is 4.90 Å². The Kier molecular flexibility index (Phi) is 6.75. The minimum atomic E-state index is -4.61. The molecule has 0 bridgehead atoms. The summed E-state index contributed by atoms with van der Waals surface area (Å²) in [6.07, 6.45) is -3.94. The van der Waals surface area contributed by atoms with Crippen molar-refractivity contribution >= 4 is 16.9 Å². The van der Waals surface area contributed by atoms with Crippen LogP contribution in [-0.4, -0.2) is 44.6 Å². The van der Waals surface area contributed by atoms with Crippen molar-refractivity contribution in [2.75, 3.05) is 18.0 Å². The van der Waals surface area contributed by atoms with Gasteiger partial charge >= 0.3 is 11.9 Å². The normalized spacial score (nSPS) is 19.9. The molecule has 1 aliphatic heterocycles. The van der Waals surface area contributed by atoms with Gasteiger partial charge in [-0.1, -0.05) is 13.0 Å². The van der Waals surface area contributed by atoms with Gasteiger partial charge in [0.2, 0.25) is 0 Å². The second kappa shape index (κ2) is 9.50. The number of nitriles is 1. The predicted octanol–water partition coefficient (Wildman–Crippen LogP) is 4.41. The summed E-state index contributed by atoms with van der Waals surface area (Å²) in [4.78, 5) is 25.3.